The van der Waals surface area contributed by atoms with E-state index < -0.39 is 0 Å². The Morgan fingerprint density at radius 2 is 1.71 bits per heavy atom. The maximum absolute atomic E-state index is 5.60. The Labute approximate surface area is 166 Å². The smallest absolute Gasteiger partial charge is 0.137 e. The van der Waals surface area contributed by atoms with Gasteiger partial charge in [0.1, 0.15) is 11.6 Å². The van der Waals surface area contributed by atoms with Crippen LogP contribution in [0.2, 0.25) is 0 Å². The Morgan fingerprint density at radius 3 is 2.54 bits per heavy atom. The monoisotopic (exact) mass is 374 g/mol. The quantitative estimate of drug-likeness (QED) is 0.744. The van der Waals surface area contributed by atoms with E-state index in [0.717, 1.165) is 69.4 Å². The average Bonchev–Trinajstić information content (AvgIpc) is 3.39. The van der Waals surface area contributed by atoms with Crippen molar-refractivity contribution in [2.24, 2.45) is 0 Å². The van der Waals surface area contributed by atoms with Gasteiger partial charge in [0.25, 0.3) is 0 Å². The van der Waals surface area contributed by atoms with Crippen LogP contribution >= 0.6 is 0 Å². The minimum absolute atomic E-state index is 0.790. The van der Waals surface area contributed by atoms with E-state index in [-0.39, 0.29) is 0 Å². The lowest BCUT2D eigenvalue weighted by Crippen LogP contribution is -2.45. The van der Waals surface area contributed by atoms with Gasteiger partial charge < -0.3 is 9.72 Å². The Morgan fingerprint density at radius 1 is 0.929 bits per heavy atom. The van der Waals surface area contributed by atoms with E-state index in [1.54, 1.807) is 0 Å². The maximum atomic E-state index is 5.60. The molecule has 3 aromatic rings. The Kier molecular flexibility index (Phi) is 4.85. The Hall–Kier alpha value is -2.63. The van der Waals surface area contributed by atoms with E-state index in [1.807, 2.05) is 6.20 Å². The van der Waals surface area contributed by atoms with Crippen LogP contribution in [0, 0.1) is 0 Å². The predicted molar refractivity (Wildman–Crippen MR) is 110 cm³/mol. The summed E-state index contributed by atoms with van der Waals surface area (Å²) in [5.74, 6) is 1.97. The molecule has 28 heavy (non-hydrogen) atoms. The number of rotatable bonds is 5. The van der Waals surface area contributed by atoms with Crippen LogP contribution in [-0.4, -0.2) is 52.6 Å². The summed E-state index contributed by atoms with van der Waals surface area (Å²) in [6.07, 6.45) is 2.97. The standard InChI is InChI=1S/C23H26N4O/c1-2-4-18(5-3-1)16-26-9-11-27(12-10-26)17-21-15-24-23(25-21)20-6-7-22-19(14-20)8-13-28-22/h1-7,14-15H,8-13,16-17H2,(H,24,25). The fourth-order valence-corrected chi connectivity index (χ4v) is 4.11. The number of nitrogens with one attached hydrogen (secondary N) is 1. The molecule has 1 aromatic heterocycles. The summed E-state index contributed by atoms with van der Waals surface area (Å²) >= 11 is 0. The molecular weight excluding hydrogens is 348 g/mol. The highest BCUT2D eigenvalue weighted by Crippen LogP contribution is 2.29. The van der Waals surface area contributed by atoms with Gasteiger partial charge in [-0.25, -0.2) is 4.98 Å². The molecule has 5 rings (SSSR count). The third-order valence-electron chi connectivity index (χ3n) is 5.70. The topological polar surface area (TPSA) is 44.4 Å². The second-order valence-corrected chi connectivity index (χ2v) is 7.72. The maximum Gasteiger partial charge on any atom is 0.137 e. The zero-order valence-corrected chi connectivity index (χ0v) is 16.1. The average molecular weight is 374 g/mol. The molecule has 144 valence electrons. The second-order valence-electron chi connectivity index (χ2n) is 7.72. The van der Waals surface area contributed by atoms with E-state index in [0.29, 0.717) is 0 Å². The Balaban J connectivity index is 1.17. The molecule has 0 radical (unpaired) electrons. The first-order chi connectivity index (χ1) is 13.8. The van der Waals surface area contributed by atoms with Crippen LogP contribution in [0.1, 0.15) is 16.8 Å². The summed E-state index contributed by atoms with van der Waals surface area (Å²) in [6.45, 7) is 7.18. The number of nitrogens with zero attached hydrogens (tertiary/aromatic N) is 3. The number of fused-ring (bicyclic) bond motifs is 1. The first kappa shape index (κ1) is 17.5. The molecule has 0 amide bonds. The highest BCUT2D eigenvalue weighted by molar-refractivity contribution is 5.59. The van der Waals surface area contributed by atoms with E-state index >= 15 is 0 Å². The van der Waals surface area contributed by atoms with Crippen LogP contribution in [0.15, 0.2) is 54.7 Å². The van der Waals surface area contributed by atoms with Gasteiger partial charge in [0.2, 0.25) is 0 Å². The molecule has 5 nitrogen and oxygen atoms in total. The number of piperazine rings is 1. The molecule has 0 unspecified atom stereocenters. The van der Waals surface area contributed by atoms with Crippen molar-refractivity contribution in [3.63, 3.8) is 0 Å². The first-order valence-corrected chi connectivity index (χ1v) is 10.1. The second kappa shape index (κ2) is 7.78. The van der Waals surface area contributed by atoms with Crippen molar-refractivity contribution in [3.05, 3.63) is 71.5 Å². The minimum atomic E-state index is 0.790. The van der Waals surface area contributed by atoms with E-state index in [4.69, 9.17) is 4.74 Å². The number of imidazole rings is 1. The van der Waals surface area contributed by atoms with Crippen molar-refractivity contribution in [3.8, 4) is 17.1 Å². The molecule has 2 aromatic carbocycles. The molecule has 2 aliphatic heterocycles. The predicted octanol–water partition coefficient (Wildman–Crippen LogP) is 3.33. The summed E-state index contributed by atoms with van der Waals surface area (Å²) in [6, 6.07) is 17.1. The van der Waals surface area contributed by atoms with Crippen molar-refractivity contribution >= 4 is 0 Å². The van der Waals surface area contributed by atoms with Gasteiger partial charge in [0, 0.05) is 63.1 Å². The third-order valence-corrected chi connectivity index (χ3v) is 5.70. The van der Waals surface area contributed by atoms with Crippen molar-refractivity contribution in [1.82, 2.24) is 19.8 Å². The molecule has 1 fully saturated rings. The van der Waals surface area contributed by atoms with E-state index in [2.05, 4.69) is 68.3 Å². The zero-order chi connectivity index (χ0) is 18.8. The number of aromatic amines is 1. The summed E-state index contributed by atoms with van der Waals surface area (Å²) in [5, 5.41) is 0. The van der Waals surface area contributed by atoms with E-state index in [9.17, 15) is 0 Å². The molecule has 1 N–H and O–H groups in total. The lowest BCUT2D eigenvalue weighted by atomic mass is 10.1. The summed E-state index contributed by atoms with van der Waals surface area (Å²) in [7, 11) is 0. The molecule has 3 heterocycles. The molecular formula is C23H26N4O. The fourth-order valence-electron chi connectivity index (χ4n) is 4.11. The first-order valence-electron chi connectivity index (χ1n) is 10.1. The molecule has 0 atom stereocenters. The molecule has 0 aliphatic carbocycles. The molecule has 5 heteroatoms. The van der Waals surface area contributed by atoms with Gasteiger partial charge in [-0.1, -0.05) is 30.3 Å². The molecule has 1 saturated heterocycles. The van der Waals surface area contributed by atoms with Gasteiger partial charge in [-0.2, -0.15) is 0 Å². The molecule has 0 bridgehead atoms. The number of benzene rings is 2. The largest absolute Gasteiger partial charge is 0.493 e. The summed E-state index contributed by atoms with van der Waals surface area (Å²) < 4.78 is 5.60. The lowest BCUT2D eigenvalue weighted by molar-refractivity contribution is 0.121. The fraction of sp³-hybridized carbons (Fsp3) is 0.348. The normalized spacial score (nSPS) is 17.4. The van der Waals surface area contributed by atoms with Crippen LogP contribution in [0.25, 0.3) is 11.4 Å². The number of aromatic nitrogens is 2. The summed E-state index contributed by atoms with van der Waals surface area (Å²) in [4.78, 5) is 13.2. The van der Waals surface area contributed by atoms with Crippen LogP contribution in [-0.2, 0) is 19.5 Å². The lowest BCUT2D eigenvalue weighted by Gasteiger charge is -2.34. The van der Waals surface area contributed by atoms with Crippen LogP contribution in [0.5, 0.6) is 5.75 Å². The van der Waals surface area contributed by atoms with Crippen LogP contribution in [0.4, 0.5) is 0 Å². The van der Waals surface area contributed by atoms with Gasteiger partial charge in [-0.05, 0) is 29.3 Å². The number of ether oxygens (including phenoxy) is 1. The highest BCUT2D eigenvalue weighted by atomic mass is 16.5. The van der Waals surface area contributed by atoms with Gasteiger partial charge >= 0.3 is 0 Å². The molecule has 0 saturated carbocycles. The molecule has 0 spiro atoms. The summed E-state index contributed by atoms with van der Waals surface area (Å²) in [5.41, 5.74) is 5.00. The third kappa shape index (κ3) is 3.81. The van der Waals surface area contributed by atoms with Gasteiger partial charge in [0.05, 0.1) is 6.61 Å². The van der Waals surface area contributed by atoms with Crippen molar-refractivity contribution in [2.45, 2.75) is 19.5 Å². The van der Waals surface area contributed by atoms with Crippen LogP contribution < -0.4 is 4.74 Å². The van der Waals surface area contributed by atoms with Crippen LogP contribution in [0.3, 0.4) is 0 Å². The number of hydrogen-bond donors (Lipinski definition) is 1. The molecule has 2 aliphatic rings. The van der Waals surface area contributed by atoms with E-state index in [1.165, 1.54) is 16.8 Å². The minimum Gasteiger partial charge on any atom is -0.493 e. The van der Waals surface area contributed by atoms with Gasteiger partial charge in [-0.15, -0.1) is 0 Å². The number of H-pyrrole nitrogens is 1. The highest BCUT2D eigenvalue weighted by Gasteiger charge is 2.18. The zero-order valence-electron chi connectivity index (χ0n) is 16.1. The van der Waals surface area contributed by atoms with Gasteiger partial charge in [-0.3, -0.25) is 9.80 Å². The van der Waals surface area contributed by atoms with Crippen molar-refractivity contribution < 1.29 is 4.74 Å². The Bertz CT molecular complexity index is 929. The van der Waals surface area contributed by atoms with Crippen molar-refractivity contribution in [1.29, 1.82) is 0 Å². The number of hydrogen-bond acceptors (Lipinski definition) is 4. The van der Waals surface area contributed by atoms with Gasteiger partial charge in [0.15, 0.2) is 0 Å². The SMILES string of the molecule is c1ccc(CN2CCN(Cc3cnc(-c4ccc5c(c4)CCO5)[nH]3)CC2)cc1. The van der Waals surface area contributed by atoms with Crippen molar-refractivity contribution in [2.75, 3.05) is 32.8 Å².